The van der Waals surface area contributed by atoms with Crippen LogP contribution in [0, 0.1) is 0 Å². The van der Waals surface area contributed by atoms with E-state index in [0.29, 0.717) is 17.0 Å². The minimum absolute atomic E-state index is 0.256. The van der Waals surface area contributed by atoms with E-state index in [-0.39, 0.29) is 6.17 Å². The van der Waals surface area contributed by atoms with Crippen molar-refractivity contribution in [2.45, 2.75) is 23.7 Å². The zero-order chi connectivity index (χ0) is 18.0. The molecule has 0 aliphatic carbocycles. The van der Waals surface area contributed by atoms with Gasteiger partial charge >= 0.3 is 6.18 Å². The van der Waals surface area contributed by atoms with E-state index in [1.807, 2.05) is 35.1 Å². The van der Waals surface area contributed by atoms with E-state index >= 15 is 0 Å². The maximum atomic E-state index is 13.2. The Bertz CT molecular complexity index is 788. The van der Waals surface area contributed by atoms with E-state index in [4.69, 9.17) is 0 Å². The predicted octanol–water partition coefficient (Wildman–Crippen LogP) is 3.50. The molecular formula is C15H13F3N3O2S2-. The highest BCUT2D eigenvalue weighted by molar-refractivity contribution is 7.97. The van der Waals surface area contributed by atoms with Crippen LogP contribution >= 0.6 is 11.9 Å². The Balaban J connectivity index is 1.87. The SMILES string of the molecule is O=S([O-])Nc1cc2c(cc1C(F)(F)F)NC(Cc1ccccc1)NS2. The van der Waals surface area contributed by atoms with E-state index in [9.17, 15) is 21.9 Å². The minimum Gasteiger partial charge on any atom is -0.755 e. The number of nitrogens with one attached hydrogen (secondary N) is 3. The van der Waals surface area contributed by atoms with Gasteiger partial charge in [-0.1, -0.05) is 30.3 Å². The van der Waals surface area contributed by atoms with Gasteiger partial charge < -0.3 is 14.6 Å². The van der Waals surface area contributed by atoms with Crippen molar-refractivity contribution in [2.24, 2.45) is 0 Å². The van der Waals surface area contributed by atoms with Gasteiger partial charge in [0.05, 0.1) is 23.1 Å². The van der Waals surface area contributed by atoms with Crippen LogP contribution in [0.25, 0.3) is 0 Å². The molecule has 2 aromatic carbocycles. The summed E-state index contributed by atoms with van der Waals surface area (Å²) < 4.78 is 66.1. The summed E-state index contributed by atoms with van der Waals surface area (Å²) in [6.07, 6.45) is -4.35. The van der Waals surface area contributed by atoms with Crippen LogP contribution in [0.2, 0.25) is 0 Å². The van der Waals surface area contributed by atoms with Gasteiger partial charge in [-0.05, 0) is 29.6 Å². The molecule has 10 heteroatoms. The maximum absolute atomic E-state index is 13.2. The van der Waals surface area contributed by atoms with E-state index < -0.39 is 28.7 Å². The normalized spacial score (nSPS) is 18.2. The smallest absolute Gasteiger partial charge is 0.418 e. The highest BCUT2D eigenvalue weighted by atomic mass is 32.2. The van der Waals surface area contributed by atoms with Gasteiger partial charge in [-0.15, -0.1) is 0 Å². The van der Waals surface area contributed by atoms with Gasteiger partial charge in [-0.3, -0.25) is 4.21 Å². The van der Waals surface area contributed by atoms with Crippen molar-refractivity contribution in [3.63, 3.8) is 0 Å². The third kappa shape index (κ3) is 4.46. The van der Waals surface area contributed by atoms with Crippen LogP contribution in [0.5, 0.6) is 0 Å². The average Bonchev–Trinajstić information content (AvgIpc) is 2.54. The number of rotatable bonds is 4. The van der Waals surface area contributed by atoms with Gasteiger partial charge in [-0.25, -0.2) is 4.72 Å². The van der Waals surface area contributed by atoms with Crippen molar-refractivity contribution in [2.75, 3.05) is 10.0 Å². The molecule has 0 spiro atoms. The van der Waals surface area contributed by atoms with Crippen molar-refractivity contribution in [1.82, 2.24) is 4.72 Å². The monoisotopic (exact) mass is 388 g/mol. The first-order valence-corrected chi connectivity index (χ1v) is 9.06. The molecule has 2 atom stereocenters. The molecule has 0 aromatic heterocycles. The fourth-order valence-corrected chi connectivity index (χ4v) is 3.64. The molecule has 25 heavy (non-hydrogen) atoms. The number of halogens is 3. The van der Waals surface area contributed by atoms with Crippen LogP contribution in [0.15, 0.2) is 47.4 Å². The lowest BCUT2D eigenvalue weighted by Gasteiger charge is -2.29. The molecule has 0 bridgehead atoms. The number of hydrogen-bond acceptors (Lipinski definition) is 5. The summed E-state index contributed by atoms with van der Waals surface area (Å²) in [4.78, 5) is 0.477. The molecule has 0 amide bonds. The van der Waals surface area contributed by atoms with Gasteiger partial charge in [0.25, 0.3) is 0 Å². The second-order valence-corrected chi connectivity index (χ2v) is 6.89. The molecule has 0 saturated carbocycles. The summed E-state index contributed by atoms with van der Waals surface area (Å²) in [6.45, 7) is 0. The molecule has 2 unspecified atom stereocenters. The molecule has 134 valence electrons. The molecule has 3 rings (SSSR count). The van der Waals surface area contributed by atoms with E-state index in [0.717, 1.165) is 29.6 Å². The van der Waals surface area contributed by atoms with Crippen LogP contribution in [0.4, 0.5) is 24.5 Å². The number of hydrogen-bond donors (Lipinski definition) is 3. The molecule has 1 heterocycles. The fourth-order valence-electron chi connectivity index (χ4n) is 2.48. The van der Waals surface area contributed by atoms with Gasteiger partial charge in [0.1, 0.15) is 0 Å². The number of anilines is 2. The summed E-state index contributed by atoms with van der Waals surface area (Å²) in [6, 6.07) is 11.6. The zero-order valence-electron chi connectivity index (χ0n) is 12.6. The molecule has 5 nitrogen and oxygen atoms in total. The molecule has 1 aliphatic heterocycles. The van der Waals surface area contributed by atoms with Gasteiger partial charge in [0, 0.05) is 22.6 Å². The number of benzene rings is 2. The molecule has 2 aromatic rings. The van der Waals surface area contributed by atoms with Crippen LogP contribution in [-0.4, -0.2) is 14.9 Å². The largest absolute Gasteiger partial charge is 0.755 e. The Morgan fingerprint density at radius 3 is 2.60 bits per heavy atom. The van der Waals surface area contributed by atoms with Crippen molar-refractivity contribution in [1.29, 1.82) is 0 Å². The lowest BCUT2D eigenvalue weighted by Crippen LogP contribution is -2.37. The highest BCUT2D eigenvalue weighted by Crippen LogP contribution is 2.42. The molecule has 0 fully saturated rings. The third-order valence-corrected chi connectivity index (χ3v) is 4.89. The van der Waals surface area contributed by atoms with Crippen LogP contribution in [-0.2, 0) is 23.9 Å². The van der Waals surface area contributed by atoms with Crippen molar-refractivity contribution >= 4 is 34.6 Å². The molecule has 3 N–H and O–H groups in total. The van der Waals surface area contributed by atoms with Crippen LogP contribution in [0.1, 0.15) is 11.1 Å². The van der Waals surface area contributed by atoms with Crippen molar-refractivity contribution in [3.8, 4) is 0 Å². The van der Waals surface area contributed by atoms with E-state index in [1.54, 1.807) is 0 Å². The summed E-state index contributed by atoms with van der Waals surface area (Å²) >= 11 is -1.69. The van der Waals surface area contributed by atoms with E-state index in [1.165, 1.54) is 0 Å². The van der Waals surface area contributed by atoms with Crippen LogP contribution in [0.3, 0.4) is 0 Å². The Kier molecular flexibility index (Phi) is 5.23. The minimum atomic E-state index is -4.68. The second kappa shape index (κ2) is 7.24. The maximum Gasteiger partial charge on any atom is 0.418 e. The summed E-state index contributed by atoms with van der Waals surface area (Å²) in [5.41, 5.74) is -0.201. The van der Waals surface area contributed by atoms with Gasteiger partial charge in [-0.2, -0.15) is 13.2 Å². The van der Waals surface area contributed by atoms with Crippen LogP contribution < -0.4 is 14.8 Å². The summed E-state index contributed by atoms with van der Waals surface area (Å²) in [5.74, 6) is 0. The standard InChI is InChI=1S/C15H14F3N3O2S2/c16-15(17,18)10-7-12-13(8-11(10)21-25(22)23)24-20-14(19-12)6-9-4-2-1-3-5-9/h1-5,7-8,14,19-21H,6H2,(H,22,23)/p-1. The second-order valence-electron chi connectivity index (χ2n) is 5.34. The first-order valence-electron chi connectivity index (χ1n) is 7.17. The Labute approximate surface area is 148 Å². The Morgan fingerprint density at radius 1 is 1.24 bits per heavy atom. The number of fused-ring (bicyclic) bond motifs is 1. The third-order valence-electron chi connectivity index (χ3n) is 3.54. The fraction of sp³-hybridized carbons (Fsp3) is 0.200. The predicted molar refractivity (Wildman–Crippen MR) is 90.5 cm³/mol. The molecule has 0 radical (unpaired) electrons. The van der Waals surface area contributed by atoms with Crippen molar-refractivity contribution in [3.05, 3.63) is 53.6 Å². The topological polar surface area (TPSA) is 76.2 Å². The lowest BCUT2D eigenvalue weighted by molar-refractivity contribution is -0.136. The first kappa shape index (κ1) is 18.1. The molecule has 0 saturated heterocycles. The zero-order valence-corrected chi connectivity index (χ0v) is 14.2. The Hall–Kier alpha value is -1.75. The molecular weight excluding hydrogens is 375 g/mol. The lowest BCUT2D eigenvalue weighted by atomic mass is 10.1. The Morgan fingerprint density at radius 2 is 1.96 bits per heavy atom. The first-order chi connectivity index (χ1) is 11.8. The van der Waals surface area contributed by atoms with Gasteiger partial charge in [0.15, 0.2) is 0 Å². The quantitative estimate of drug-likeness (QED) is 0.552. The summed E-state index contributed by atoms with van der Waals surface area (Å²) in [5, 5.41) is 3.02. The average molecular weight is 388 g/mol. The highest BCUT2D eigenvalue weighted by Gasteiger charge is 2.35. The summed E-state index contributed by atoms with van der Waals surface area (Å²) in [7, 11) is 0. The number of alkyl halides is 3. The van der Waals surface area contributed by atoms with Gasteiger partial charge in [0.2, 0.25) is 0 Å². The van der Waals surface area contributed by atoms with Crippen molar-refractivity contribution < 1.29 is 21.9 Å². The van der Waals surface area contributed by atoms with E-state index in [2.05, 4.69) is 10.0 Å². The molecule has 1 aliphatic rings.